The van der Waals surface area contributed by atoms with E-state index in [2.05, 4.69) is 40.7 Å². The summed E-state index contributed by atoms with van der Waals surface area (Å²) in [4.78, 5) is 17.5. The Labute approximate surface area is 208 Å². The molecule has 0 aliphatic heterocycles. The second-order valence-electron chi connectivity index (χ2n) is 11.0. The van der Waals surface area contributed by atoms with E-state index in [1.807, 2.05) is 18.2 Å². The molecule has 2 aliphatic carbocycles. The normalized spacial score (nSPS) is 21.8. The maximum absolute atomic E-state index is 12.6. The Hall–Kier alpha value is -3.23. The van der Waals surface area contributed by atoms with Gasteiger partial charge in [-0.1, -0.05) is 20.8 Å². The molecule has 2 unspecified atom stereocenters. The highest BCUT2D eigenvalue weighted by molar-refractivity contribution is 5.98. The molecule has 6 nitrogen and oxygen atoms in total. The molecule has 1 amide bonds. The van der Waals surface area contributed by atoms with Crippen molar-refractivity contribution in [3.8, 4) is 5.75 Å². The van der Waals surface area contributed by atoms with Gasteiger partial charge in [-0.3, -0.25) is 4.79 Å². The van der Waals surface area contributed by atoms with Crippen LogP contribution in [-0.2, 0) is 0 Å². The predicted octanol–water partition coefficient (Wildman–Crippen LogP) is 6.96. The molecule has 2 aliphatic rings. The number of carbonyl (C=O) groups is 1. The zero-order valence-corrected chi connectivity index (χ0v) is 20.7. The number of fused-ring (bicyclic) bond motifs is 1. The van der Waals surface area contributed by atoms with Gasteiger partial charge in [0.05, 0.1) is 11.0 Å². The second-order valence-corrected chi connectivity index (χ2v) is 11.0. The SMILES string of the molecule is CC1CC(n2c(Nc3ccc(OC(F)(F)F)cc3)nc3cc(C(=O)NC4CC4)ccc32)CC(C)(C)C1. The fourth-order valence-corrected chi connectivity index (χ4v) is 5.56. The van der Waals surface area contributed by atoms with Crippen LogP contribution in [0.2, 0.25) is 0 Å². The minimum absolute atomic E-state index is 0.101. The Kier molecular flexibility index (Phi) is 6.12. The summed E-state index contributed by atoms with van der Waals surface area (Å²) in [5, 5.41) is 6.31. The van der Waals surface area contributed by atoms with Crippen molar-refractivity contribution in [3.63, 3.8) is 0 Å². The lowest BCUT2D eigenvalue weighted by atomic mass is 9.70. The summed E-state index contributed by atoms with van der Waals surface area (Å²) in [6, 6.07) is 11.7. The van der Waals surface area contributed by atoms with Gasteiger partial charge in [0.1, 0.15) is 5.75 Å². The lowest BCUT2D eigenvalue weighted by molar-refractivity contribution is -0.274. The average molecular weight is 501 g/mol. The minimum Gasteiger partial charge on any atom is -0.406 e. The quantitative estimate of drug-likeness (QED) is 0.384. The zero-order valence-electron chi connectivity index (χ0n) is 20.7. The summed E-state index contributed by atoms with van der Waals surface area (Å²) in [6.07, 6.45) is 0.395. The number of alkyl halides is 3. The van der Waals surface area contributed by atoms with E-state index >= 15 is 0 Å². The molecule has 2 N–H and O–H groups in total. The molecule has 2 saturated carbocycles. The first-order valence-electron chi connectivity index (χ1n) is 12.4. The Balaban J connectivity index is 1.50. The molecule has 3 aromatic rings. The Morgan fingerprint density at radius 3 is 2.47 bits per heavy atom. The number of nitrogens with zero attached hydrogens (tertiary/aromatic N) is 2. The predicted molar refractivity (Wildman–Crippen MR) is 132 cm³/mol. The van der Waals surface area contributed by atoms with Gasteiger partial charge in [0.15, 0.2) is 0 Å². The second kappa shape index (κ2) is 9.01. The van der Waals surface area contributed by atoms with E-state index in [0.29, 0.717) is 28.6 Å². The van der Waals surface area contributed by atoms with Crippen molar-refractivity contribution in [1.29, 1.82) is 0 Å². The van der Waals surface area contributed by atoms with Crippen molar-refractivity contribution in [2.24, 2.45) is 11.3 Å². The van der Waals surface area contributed by atoms with Crippen molar-refractivity contribution in [3.05, 3.63) is 48.0 Å². The van der Waals surface area contributed by atoms with Crippen molar-refractivity contribution < 1.29 is 22.7 Å². The van der Waals surface area contributed by atoms with E-state index in [1.54, 1.807) is 0 Å². The number of ether oxygens (including phenoxy) is 1. The number of aromatic nitrogens is 2. The highest BCUT2D eigenvalue weighted by atomic mass is 19.4. The van der Waals surface area contributed by atoms with Crippen LogP contribution in [0, 0.1) is 11.3 Å². The molecule has 0 spiro atoms. The molecular formula is C27H31F3N4O2. The zero-order chi connectivity index (χ0) is 25.7. The van der Waals surface area contributed by atoms with Crippen molar-refractivity contribution in [2.75, 3.05) is 5.32 Å². The number of hydrogen-bond acceptors (Lipinski definition) is 4. The van der Waals surface area contributed by atoms with Gasteiger partial charge >= 0.3 is 6.36 Å². The Bertz CT molecular complexity index is 1260. The smallest absolute Gasteiger partial charge is 0.406 e. The van der Waals surface area contributed by atoms with E-state index in [-0.39, 0.29) is 29.2 Å². The molecule has 2 atom stereocenters. The van der Waals surface area contributed by atoms with Crippen LogP contribution in [0.15, 0.2) is 42.5 Å². The number of halogens is 3. The molecule has 2 fully saturated rings. The maximum Gasteiger partial charge on any atom is 0.573 e. The summed E-state index contributed by atoms with van der Waals surface area (Å²) in [5.41, 5.74) is 2.95. The van der Waals surface area contributed by atoms with E-state index in [0.717, 1.165) is 37.6 Å². The molecule has 9 heteroatoms. The third kappa shape index (κ3) is 5.60. The van der Waals surface area contributed by atoms with Gasteiger partial charge in [0.2, 0.25) is 5.95 Å². The molecule has 0 bridgehead atoms. The number of nitrogens with one attached hydrogen (secondary N) is 2. The highest BCUT2D eigenvalue weighted by Crippen LogP contribution is 2.46. The molecule has 0 radical (unpaired) electrons. The van der Waals surface area contributed by atoms with Gasteiger partial charge < -0.3 is 19.9 Å². The fraction of sp³-hybridized carbons (Fsp3) is 0.481. The summed E-state index contributed by atoms with van der Waals surface area (Å²) in [7, 11) is 0. The highest BCUT2D eigenvalue weighted by Gasteiger charge is 2.35. The molecule has 5 rings (SSSR count). The number of imidazole rings is 1. The first kappa shape index (κ1) is 24.5. The fourth-order valence-electron chi connectivity index (χ4n) is 5.56. The van der Waals surface area contributed by atoms with Crippen LogP contribution in [0.3, 0.4) is 0 Å². The molecule has 0 saturated heterocycles. The summed E-state index contributed by atoms with van der Waals surface area (Å²) < 4.78 is 43.8. The van der Waals surface area contributed by atoms with E-state index in [9.17, 15) is 18.0 Å². The molecular weight excluding hydrogens is 469 g/mol. The van der Waals surface area contributed by atoms with Gasteiger partial charge in [0, 0.05) is 23.3 Å². The van der Waals surface area contributed by atoms with Crippen LogP contribution in [0.1, 0.15) is 69.3 Å². The van der Waals surface area contributed by atoms with Crippen molar-refractivity contribution in [1.82, 2.24) is 14.9 Å². The first-order chi connectivity index (χ1) is 17.0. The molecule has 2 aromatic carbocycles. The summed E-state index contributed by atoms with van der Waals surface area (Å²) >= 11 is 0. The number of rotatable bonds is 6. The van der Waals surface area contributed by atoms with E-state index in [1.165, 1.54) is 24.3 Å². The van der Waals surface area contributed by atoms with Gasteiger partial charge in [0.25, 0.3) is 5.91 Å². The standard InChI is InChI=1S/C27H31F3N4O2/c1-16-12-20(15-26(2,3)14-16)34-23-11-4-17(24(35)31-18-5-6-18)13-22(23)33-25(34)32-19-7-9-21(10-8-19)36-27(28,29)30/h4,7-11,13,16,18,20H,5-6,12,14-15H2,1-3H3,(H,31,35)(H,32,33). The molecule has 192 valence electrons. The Morgan fingerprint density at radius 2 is 1.83 bits per heavy atom. The molecule has 36 heavy (non-hydrogen) atoms. The summed E-state index contributed by atoms with van der Waals surface area (Å²) in [5.74, 6) is 0.752. The summed E-state index contributed by atoms with van der Waals surface area (Å²) in [6.45, 7) is 6.82. The van der Waals surface area contributed by atoms with Crippen LogP contribution in [0.25, 0.3) is 11.0 Å². The lowest BCUT2D eigenvalue weighted by Crippen LogP contribution is -2.29. The molecule has 1 aromatic heterocycles. The van der Waals surface area contributed by atoms with Gasteiger partial charge in [-0.15, -0.1) is 13.2 Å². The molecule has 1 heterocycles. The number of amides is 1. The van der Waals surface area contributed by atoms with E-state index in [4.69, 9.17) is 4.98 Å². The number of benzene rings is 2. The average Bonchev–Trinajstić information content (AvgIpc) is 3.50. The van der Waals surface area contributed by atoms with Crippen molar-refractivity contribution >= 4 is 28.6 Å². The largest absolute Gasteiger partial charge is 0.573 e. The topological polar surface area (TPSA) is 68.2 Å². The number of hydrogen-bond donors (Lipinski definition) is 2. The van der Waals surface area contributed by atoms with Gasteiger partial charge in [-0.05, 0) is 85.9 Å². The van der Waals surface area contributed by atoms with Crippen LogP contribution >= 0.6 is 0 Å². The number of carbonyl (C=O) groups excluding carboxylic acids is 1. The van der Waals surface area contributed by atoms with E-state index < -0.39 is 6.36 Å². The third-order valence-electron chi connectivity index (χ3n) is 6.94. The van der Waals surface area contributed by atoms with Crippen LogP contribution < -0.4 is 15.4 Å². The van der Waals surface area contributed by atoms with Crippen LogP contribution in [0.5, 0.6) is 5.75 Å². The lowest BCUT2D eigenvalue weighted by Gasteiger charge is -2.40. The number of anilines is 2. The van der Waals surface area contributed by atoms with Gasteiger partial charge in [-0.25, -0.2) is 4.98 Å². The van der Waals surface area contributed by atoms with Crippen molar-refractivity contribution in [2.45, 2.75) is 71.3 Å². The van der Waals surface area contributed by atoms with Crippen LogP contribution in [0.4, 0.5) is 24.8 Å². The van der Waals surface area contributed by atoms with Gasteiger partial charge in [-0.2, -0.15) is 0 Å². The minimum atomic E-state index is -4.74. The third-order valence-corrected chi connectivity index (χ3v) is 6.94. The Morgan fingerprint density at radius 1 is 1.11 bits per heavy atom. The monoisotopic (exact) mass is 500 g/mol. The first-order valence-corrected chi connectivity index (χ1v) is 12.4. The maximum atomic E-state index is 12.6. The van der Waals surface area contributed by atoms with Crippen LogP contribution in [-0.4, -0.2) is 27.9 Å².